The largest absolute Gasteiger partial charge is 0.478 e. The van der Waals surface area contributed by atoms with Crippen LogP contribution in [0, 0.1) is 0 Å². The number of carboxylic acids is 1. The topological polar surface area (TPSA) is 104 Å². The number of aromatic carboxylic acids is 1. The summed E-state index contributed by atoms with van der Waals surface area (Å²) >= 11 is 1.37. The van der Waals surface area contributed by atoms with Crippen LogP contribution >= 0.6 is 11.3 Å². The van der Waals surface area contributed by atoms with Gasteiger partial charge in [-0.05, 0) is 24.1 Å². The lowest BCUT2D eigenvalue weighted by Crippen LogP contribution is -2.28. The smallest absolute Gasteiger partial charge is 0.335 e. The van der Waals surface area contributed by atoms with Crippen molar-refractivity contribution in [2.24, 2.45) is 0 Å². The minimum atomic E-state index is -0.975. The van der Waals surface area contributed by atoms with Crippen LogP contribution in [0.3, 0.4) is 0 Å². The van der Waals surface area contributed by atoms with Gasteiger partial charge in [-0.25, -0.2) is 9.59 Å². The van der Waals surface area contributed by atoms with Crippen LogP contribution in [0.25, 0.3) is 0 Å². The van der Waals surface area contributed by atoms with Crippen molar-refractivity contribution < 1.29 is 14.7 Å². The molecule has 0 spiro atoms. The molecule has 3 N–H and O–H groups in total. The number of hydrogen-bond acceptors (Lipinski definition) is 5. The number of aromatic nitrogens is 2. The molecule has 7 nitrogen and oxygen atoms in total. The first-order chi connectivity index (χ1) is 11.1. The van der Waals surface area contributed by atoms with Gasteiger partial charge in [-0.1, -0.05) is 36.8 Å². The van der Waals surface area contributed by atoms with Crippen LogP contribution < -0.4 is 10.6 Å². The van der Waals surface area contributed by atoms with Crippen molar-refractivity contribution in [1.29, 1.82) is 0 Å². The van der Waals surface area contributed by atoms with Crippen molar-refractivity contribution in [1.82, 2.24) is 15.5 Å². The third-order valence-electron chi connectivity index (χ3n) is 3.09. The molecule has 1 heterocycles. The number of amides is 2. The molecular weight excluding hydrogens is 316 g/mol. The molecule has 0 saturated carbocycles. The molecule has 2 rings (SSSR count). The number of hydrogen-bond donors (Lipinski definition) is 3. The van der Waals surface area contributed by atoms with Crippen LogP contribution in [0.5, 0.6) is 0 Å². The Kier molecular flexibility index (Phi) is 6.04. The normalized spacial score (nSPS) is 10.3. The molecule has 0 radical (unpaired) electrons. The molecular formula is C15H18N4O3S. The summed E-state index contributed by atoms with van der Waals surface area (Å²) < 4.78 is 0. The molecule has 1 aromatic carbocycles. The van der Waals surface area contributed by atoms with Crippen molar-refractivity contribution in [3.63, 3.8) is 0 Å². The Morgan fingerprint density at radius 2 is 1.96 bits per heavy atom. The maximum absolute atomic E-state index is 11.8. The number of carbonyl (C=O) groups is 2. The SMILES string of the molecule is CCCCc1nnc(NC(=O)NCc2ccc(C(=O)O)cc2)s1. The first-order valence-electron chi connectivity index (χ1n) is 7.28. The number of carboxylic acid groups (broad SMARTS) is 1. The highest BCUT2D eigenvalue weighted by atomic mass is 32.1. The van der Waals surface area contributed by atoms with Crippen molar-refractivity contribution in [2.75, 3.05) is 5.32 Å². The first-order valence-corrected chi connectivity index (χ1v) is 8.09. The van der Waals surface area contributed by atoms with Gasteiger partial charge in [0.1, 0.15) is 5.01 Å². The predicted octanol–water partition coefficient (Wildman–Crippen LogP) is 2.90. The monoisotopic (exact) mass is 334 g/mol. The minimum Gasteiger partial charge on any atom is -0.478 e. The summed E-state index contributed by atoms with van der Waals surface area (Å²) in [6.07, 6.45) is 3.00. The maximum Gasteiger partial charge on any atom is 0.335 e. The van der Waals surface area contributed by atoms with Crippen LogP contribution in [0.15, 0.2) is 24.3 Å². The van der Waals surface area contributed by atoms with Gasteiger partial charge in [-0.3, -0.25) is 5.32 Å². The number of unbranched alkanes of at least 4 members (excludes halogenated alkanes) is 1. The summed E-state index contributed by atoms with van der Waals surface area (Å²) in [5.41, 5.74) is 1.03. The average molecular weight is 334 g/mol. The van der Waals surface area contributed by atoms with Gasteiger partial charge in [0.15, 0.2) is 0 Å². The molecule has 0 unspecified atom stereocenters. The van der Waals surface area contributed by atoms with Gasteiger partial charge in [0.05, 0.1) is 5.56 Å². The Hall–Kier alpha value is -2.48. The molecule has 2 amide bonds. The van der Waals surface area contributed by atoms with E-state index in [4.69, 9.17) is 5.11 Å². The van der Waals surface area contributed by atoms with E-state index in [-0.39, 0.29) is 11.6 Å². The third-order valence-corrected chi connectivity index (χ3v) is 3.98. The van der Waals surface area contributed by atoms with Gasteiger partial charge in [-0.15, -0.1) is 10.2 Å². The van der Waals surface area contributed by atoms with E-state index < -0.39 is 5.97 Å². The number of anilines is 1. The zero-order chi connectivity index (χ0) is 16.7. The number of carbonyl (C=O) groups excluding carboxylic acids is 1. The van der Waals surface area contributed by atoms with E-state index >= 15 is 0 Å². The van der Waals surface area contributed by atoms with Gasteiger partial charge in [0.2, 0.25) is 5.13 Å². The van der Waals surface area contributed by atoms with Gasteiger partial charge < -0.3 is 10.4 Å². The summed E-state index contributed by atoms with van der Waals surface area (Å²) in [7, 11) is 0. The maximum atomic E-state index is 11.8. The molecule has 122 valence electrons. The number of nitrogens with one attached hydrogen (secondary N) is 2. The number of nitrogens with zero attached hydrogens (tertiary/aromatic N) is 2. The first kappa shape index (κ1) is 16.9. The van der Waals surface area contributed by atoms with E-state index in [9.17, 15) is 9.59 Å². The number of rotatable bonds is 7. The highest BCUT2D eigenvalue weighted by molar-refractivity contribution is 7.15. The van der Waals surface area contributed by atoms with Crippen molar-refractivity contribution in [3.05, 3.63) is 40.4 Å². The molecule has 0 atom stereocenters. The second kappa shape index (κ2) is 8.23. The van der Waals surface area contributed by atoms with E-state index in [0.29, 0.717) is 11.7 Å². The van der Waals surface area contributed by atoms with Crippen molar-refractivity contribution >= 4 is 28.5 Å². The second-order valence-corrected chi connectivity index (χ2v) is 5.98. The van der Waals surface area contributed by atoms with E-state index in [0.717, 1.165) is 29.8 Å². The van der Waals surface area contributed by atoms with Crippen LogP contribution in [-0.4, -0.2) is 27.3 Å². The Morgan fingerprint density at radius 3 is 2.61 bits per heavy atom. The van der Waals surface area contributed by atoms with Gasteiger partial charge >= 0.3 is 12.0 Å². The molecule has 0 aliphatic rings. The minimum absolute atomic E-state index is 0.215. The predicted molar refractivity (Wildman–Crippen MR) is 87.8 cm³/mol. The summed E-state index contributed by atoms with van der Waals surface area (Å²) in [6.45, 7) is 2.41. The van der Waals surface area contributed by atoms with Gasteiger partial charge in [0.25, 0.3) is 0 Å². The summed E-state index contributed by atoms with van der Waals surface area (Å²) in [4.78, 5) is 22.6. The van der Waals surface area contributed by atoms with E-state index in [1.807, 2.05) is 0 Å². The lowest BCUT2D eigenvalue weighted by Gasteiger charge is -2.05. The summed E-state index contributed by atoms with van der Waals surface area (Å²) in [5, 5.41) is 23.5. The second-order valence-electron chi connectivity index (χ2n) is 4.91. The third kappa shape index (κ3) is 5.33. The van der Waals surface area contributed by atoms with Crippen molar-refractivity contribution in [3.8, 4) is 0 Å². The van der Waals surface area contributed by atoms with E-state index in [1.54, 1.807) is 12.1 Å². The zero-order valence-corrected chi connectivity index (χ0v) is 13.5. The highest BCUT2D eigenvalue weighted by Gasteiger charge is 2.08. The lowest BCUT2D eigenvalue weighted by atomic mass is 10.1. The fraction of sp³-hybridized carbons (Fsp3) is 0.333. The molecule has 0 aliphatic heterocycles. The van der Waals surface area contributed by atoms with Crippen LogP contribution in [0.1, 0.15) is 40.7 Å². The molecule has 23 heavy (non-hydrogen) atoms. The zero-order valence-electron chi connectivity index (χ0n) is 12.7. The van der Waals surface area contributed by atoms with Crippen molar-refractivity contribution in [2.45, 2.75) is 32.7 Å². The van der Waals surface area contributed by atoms with E-state index in [1.165, 1.54) is 23.5 Å². The van der Waals surface area contributed by atoms with Gasteiger partial charge in [0, 0.05) is 13.0 Å². The molecule has 0 fully saturated rings. The fourth-order valence-corrected chi connectivity index (χ4v) is 2.60. The summed E-state index contributed by atoms with van der Waals surface area (Å²) in [6, 6.07) is 5.96. The Labute approximate surface area is 137 Å². The molecule has 2 aromatic rings. The molecule has 0 bridgehead atoms. The van der Waals surface area contributed by atoms with Crippen LogP contribution in [0.4, 0.5) is 9.93 Å². The Morgan fingerprint density at radius 1 is 1.22 bits per heavy atom. The van der Waals surface area contributed by atoms with Crippen LogP contribution in [-0.2, 0) is 13.0 Å². The fourth-order valence-electron chi connectivity index (χ4n) is 1.82. The van der Waals surface area contributed by atoms with Crippen LogP contribution in [0.2, 0.25) is 0 Å². The number of benzene rings is 1. The highest BCUT2D eigenvalue weighted by Crippen LogP contribution is 2.16. The summed E-state index contributed by atoms with van der Waals surface area (Å²) in [5.74, 6) is -0.975. The Bertz CT molecular complexity index is 670. The standard InChI is InChI=1S/C15H18N4O3S/c1-2-3-4-12-18-19-15(23-12)17-14(22)16-9-10-5-7-11(8-6-10)13(20)21/h5-8H,2-4,9H2,1H3,(H,20,21)(H2,16,17,19,22). The quantitative estimate of drug-likeness (QED) is 0.722. The molecule has 0 saturated heterocycles. The average Bonchev–Trinajstić information content (AvgIpc) is 2.98. The number of aryl methyl sites for hydroxylation is 1. The van der Waals surface area contributed by atoms with Gasteiger partial charge in [-0.2, -0.15) is 0 Å². The Balaban J connectivity index is 1.80. The van der Waals surface area contributed by atoms with E-state index in [2.05, 4.69) is 27.8 Å². The lowest BCUT2D eigenvalue weighted by molar-refractivity contribution is 0.0697. The molecule has 1 aromatic heterocycles. The molecule has 0 aliphatic carbocycles. The number of urea groups is 1. The molecule has 8 heteroatoms.